The quantitative estimate of drug-likeness (QED) is 0.707. The van der Waals surface area contributed by atoms with Gasteiger partial charge in [0.2, 0.25) is 5.91 Å². The number of anilines is 1. The minimum atomic E-state index is -0.320. The molecule has 0 radical (unpaired) electrons. The van der Waals surface area contributed by atoms with Crippen molar-refractivity contribution in [2.45, 2.75) is 13.5 Å². The molecule has 2 rings (SSSR count). The van der Waals surface area contributed by atoms with E-state index in [4.69, 9.17) is 4.74 Å². The minimum absolute atomic E-state index is 0.105. The van der Waals surface area contributed by atoms with E-state index in [2.05, 4.69) is 16.3 Å². The molecule has 0 unspecified atom stereocenters. The van der Waals surface area contributed by atoms with E-state index in [0.29, 0.717) is 6.61 Å². The highest BCUT2D eigenvalue weighted by Crippen LogP contribution is 2.16. The highest BCUT2D eigenvalue weighted by Gasteiger charge is 2.13. The van der Waals surface area contributed by atoms with Crippen LogP contribution in [0.1, 0.15) is 12.5 Å². The molecule has 1 aliphatic rings. The van der Waals surface area contributed by atoms with Gasteiger partial charge < -0.3 is 10.1 Å². The molecule has 1 amide bonds. The molecule has 0 saturated carbocycles. The van der Waals surface area contributed by atoms with E-state index < -0.39 is 0 Å². The molecular weight excluding hydrogens is 338 g/mol. The third kappa shape index (κ3) is 7.46. The van der Waals surface area contributed by atoms with Gasteiger partial charge in [0.1, 0.15) is 0 Å². The third-order valence-electron chi connectivity index (χ3n) is 3.84. The Bertz CT molecular complexity index is 576. The van der Waals surface area contributed by atoms with E-state index in [-0.39, 0.29) is 25.0 Å². The van der Waals surface area contributed by atoms with Gasteiger partial charge in [-0.05, 0) is 31.7 Å². The monoisotopic (exact) mass is 365 g/mol. The molecule has 0 bridgehead atoms. The molecule has 6 nitrogen and oxygen atoms in total. The van der Waals surface area contributed by atoms with Crippen LogP contribution in [0.5, 0.6) is 0 Å². The van der Waals surface area contributed by atoms with Gasteiger partial charge in [-0.3, -0.25) is 19.4 Å². The maximum atomic E-state index is 12.1. The van der Waals surface area contributed by atoms with Crippen LogP contribution in [0, 0.1) is 0 Å². The lowest BCUT2D eigenvalue weighted by molar-refractivity contribution is -0.144. The van der Waals surface area contributed by atoms with Crippen LogP contribution in [0.4, 0.5) is 5.69 Å². The van der Waals surface area contributed by atoms with Gasteiger partial charge in [0.25, 0.3) is 0 Å². The summed E-state index contributed by atoms with van der Waals surface area (Å²) in [6.07, 6.45) is 0. The van der Waals surface area contributed by atoms with Gasteiger partial charge >= 0.3 is 5.97 Å². The van der Waals surface area contributed by atoms with Crippen LogP contribution >= 0.6 is 11.8 Å². The van der Waals surface area contributed by atoms with Crippen LogP contribution in [0.15, 0.2) is 24.3 Å². The largest absolute Gasteiger partial charge is 0.465 e. The normalized spacial score (nSPS) is 15.2. The first-order chi connectivity index (χ1) is 12.1. The number of benzene rings is 1. The van der Waals surface area contributed by atoms with Crippen molar-refractivity contribution in [2.24, 2.45) is 0 Å². The molecule has 1 aliphatic heterocycles. The zero-order valence-corrected chi connectivity index (χ0v) is 15.8. The molecular formula is C18H27N3O3S. The van der Waals surface area contributed by atoms with Crippen LogP contribution in [0.3, 0.4) is 0 Å². The maximum Gasteiger partial charge on any atom is 0.320 e. The second-order valence-electron chi connectivity index (χ2n) is 6.11. The summed E-state index contributed by atoms with van der Waals surface area (Å²) < 4.78 is 4.88. The number of likely N-dealkylation sites (N-methyl/N-ethyl adjacent to an activating group) is 1. The summed E-state index contributed by atoms with van der Waals surface area (Å²) >= 11 is 2.00. The number of hydrogen-bond donors (Lipinski definition) is 1. The Morgan fingerprint density at radius 1 is 1.28 bits per heavy atom. The van der Waals surface area contributed by atoms with Gasteiger partial charge in [-0.1, -0.05) is 12.1 Å². The molecule has 0 aliphatic carbocycles. The molecule has 25 heavy (non-hydrogen) atoms. The van der Waals surface area contributed by atoms with Crippen molar-refractivity contribution >= 4 is 29.3 Å². The van der Waals surface area contributed by atoms with E-state index >= 15 is 0 Å². The Hall–Kier alpha value is -1.57. The summed E-state index contributed by atoms with van der Waals surface area (Å²) in [6.45, 7) is 5.50. The van der Waals surface area contributed by atoms with Crippen LogP contribution in [-0.4, -0.2) is 73.0 Å². The topological polar surface area (TPSA) is 61.9 Å². The lowest BCUT2D eigenvalue weighted by Crippen LogP contribution is -2.34. The first-order valence-electron chi connectivity index (χ1n) is 8.60. The first-order valence-corrected chi connectivity index (χ1v) is 9.75. The number of esters is 1. The molecule has 1 aromatic rings. The first kappa shape index (κ1) is 19.8. The number of nitrogens with zero attached hydrogens (tertiary/aromatic N) is 2. The van der Waals surface area contributed by atoms with Crippen molar-refractivity contribution < 1.29 is 14.3 Å². The van der Waals surface area contributed by atoms with Crippen LogP contribution < -0.4 is 5.32 Å². The zero-order valence-electron chi connectivity index (χ0n) is 15.0. The number of hydrogen-bond acceptors (Lipinski definition) is 6. The summed E-state index contributed by atoms with van der Waals surface area (Å²) in [6, 6.07) is 7.96. The molecule has 1 aromatic carbocycles. The van der Waals surface area contributed by atoms with E-state index in [1.165, 1.54) is 17.1 Å². The van der Waals surface area contributed by atoms with Crippen LogP contribution in [0.2, 0.25) is 0 Å². The highest BCUT2D eigenvalue weighted by molar-refractivity contribution is 7.99. The van der Waals surface area contributed by atoms with Crippen LogP contribution in [-0.2, 0) is 20.9 Å². The van der Waals surface area contributed by atoms with Gasteiger partial charge in [-0.25, -0.2) is 0 Å². The lowest BCUT2D eigenvalue weighted by Gasteiger charge is -2.26. The van der Waals surface area contributed by atoms with E-state index in [0.717, 1.165) is 25.3 Å². The Morgan fingerprint density at radius 3 is 2.76 bits per heavy atom. The summed E-state index contributed by atoms with van der Waals surface area (Å²) in [5.41, 5.74) is 1.99. The van der Waals surface area contributed by atoms with Crippen LogP contribution in [0.25, 0.3) is 0 Å². The fourth-order valence-corrected chi connectivity index (χ4v) is 3.67. The molecule has 1 N–H and O–H groups in total. The second kappa shape index (κ2) is 10.4. The van der Waals surface area contributed by atoms with Gasteiger partial charge in [-0.2, -0.15) is 11.8 Å². The van der Waals surface area contributed by atoms with Crippen molar-refractivity contribution in [3.63, 3.8) is 0 Å². The van der Waals surface area contributed by atoms with Gasteiger partial charge in [0.05, 0.1) is 19.7 Å². The average Bonchev–Trinajstić information content (AvgIpc) is 2.55. The molecule has 1 fully saturated rings. The highest BCUT2D eigenvalue weighted by atomic mass is 32.2. The molecule has 0 spiro atoms. The van der Waals surface area contributed by atoms with Crippen molar-refractivity contribution in [3.8, 4) is 0 Å². The number of carbonyl (C=O) groups excluding carboxylic acids is 2. The Kier molecular flexibility index (Phi) is 8.24. The summed E-state index contributed by atoms with van der Waals surface area (Å²) in [4.78, 5) is 27.6. The number of thioether (sulfide) groups is 1. The molecule has 0 atom stereocenters. The maximum absolute atomic E-state index is 12.1. The number of amides is 1. The third-order valence-corrected chi connectivity index (χ3v) is 4.78. The number of carbonyl (C=O) groups is 2. The van der Waals surface area contributed by atoms with Crippen molar-refractivity contribution in [1.29, 1.82) is 0 Å². The second-order valence-corrected chi connectivity index (χ2v) is 7.34. The standard InChI is InChI=1S/C18H27N3O3S/c1-3-24-18(23)14-20(2)13-17(22)19-16-6-4-5-15(11-16)12-21-7-9-25-10-8-21/h4-6,11H,3,7-10,12-14H2,1-2H3,(H,19,22). The molecule has 1 saturated heterocycles. The average molecular weight is 365 g/mol. The van der Waals surface area contributed by atoms with E-state index in [1.54, 1.807) is 18.9 Å². The Morgan fingerprint density at radius 2 is 2.04 bits per heavy atom. The fraction of sp³-hybridized carbons (Fsp3) is 0.556. The predicted octanol–water partition coefficient (Wildman–Crippen LogP) is 1.67. The minimum Gasteiger partial charge on any atom is -0.465 e. The molecule has 0 aromatic heterocycles. The molecule has 138 valence electrons. The molecule has 1 heterocycles. The van der Waals surface area contributed by atoms with Crippen molar-refractivity contribution in [3.05, 3.63) is 29.8 Å². The Labute approximate surface area is 153 Å². The van der Waals surface area contributed by atoms with Gasteiger partial charge in [0.15, 0.2) is 0 Å². The molecule has 7 heteroatoms. The van der Waals surface area contributed by atoms with Crippen molar-refractivity contribution in [1.82, 2.24) is 9.80 Å². The summed E-state index contributed by atoms with van der Waals surface area (Å²) in [5.74, 6) is 1.91. The summed E-state index contributed by atoms with van der Waals surface area (Å²) in [5, 5.41) is 2.90. The number of ether oxygens (including phenoxy) is 1. The lowest BCUT2D eigenvalue weighted by atomic mass is 10.2. The SMILES string of the molecule is CCOC(=O)CN(C)CC(=O)Nc1cccc(CN2CCSCC2)c1. The summed E-state index contributed by atoms with van der Waals surface area (Å²) in [7, 11) is 1.72. The Balaban J connectivity index is 1.81. The number of rotatable bonds is 8. The van der Waals surface area contributed by atoms with E-state index in [9.17, 15) is 9.59 Å². The fourth-order valence-electron chi connectivity index (χ4n) is 2.69. The zero-order chi connectivity index (χ0) is 18.1. The smallest absolute Gasteiger partial charge is 0.320 e. The number of nitrogens with one attached hydrogen (secondary N) is 1. The van der Waals surface area contributed by atoms with Crippen molar-refractivity contribution in [2.75, 3.05) is 56.7 Å². The predicted molar refractivity (Wildman–Crippen MR) is 102 cm³/mol. The van der Waals surface area contributed by atoms with Gasteiger partial charge in [0, 0.05) is 36.8 Å². The van der Waals surface area contributed by atoms with E-state index in [1.807, 2.05) is 30.0 Å². The van der Waals surface area contributed by atoms with Gasteiger partial charge in [-0.15, -0.1) is 0 Å².